The molecule has 0 aliphatic carbocycles. The van der Waals surface area contributed by atoms with Crippen LogP contribution < -0.4 is 10.1 Å². The van der Waals surface area contributed by atoms with Crippen molar-refractivity contribution < 1.29 is 9.53 Å². The molecular formula is C19H31N3O2. The fraction of sp³-hybridized carbons (Fsp3) is 0.632. The molecule has 1 amide bonds. The first-order chi connectivity index (χ1) is 11.5. The quantitative estimate of drug-likeness (QED) is 0.773. The number of likely N-dealkylation sites (N-methyl/N-ethyl adjacent to an activating group) is 1. The molecule has 134 valence electrons. The number of nitrogens with zero attached hydrogens (tertiary/aromatic N) is 2. The Hall–Kier alpha value is -1.59. The van der Waals surface area contributed by atoms with Gasteiger partial charge in [0, 0.05) is 32.7 Å². The van der Waals surface area contributed by atoms with Crippen LogP contribution in [-0.2, 0) is 4.79 Å². The van der Waals surface area contributed by atoms with E-state index in [0.717, 1.165) is 50.5 Å². The van der Waals surface area contributed by atoms with Gasteiger partial charge >= 0.3 is 0 Å². The van der Waals surface area contributed by atoms with Gasteiger partial charge in [0.2, 0.25) is 0 Å². The maximum absolute atomic E-state index is 12.2. The van der Waals surface area contributed by atoms with Crippen molar-refractivity contribution in [3.05, 3.63) is 29.3 Å². The molecule has 0 radical (unpaired) electrons. The molecular weight excluding hydrogens is 302 g/mol. The number of aryl methyl sites for hydroxylation is 2. The van der Waals surface area contributed by atoms with Crippen molar-refractivity contribution in [1.82, 2.24) is 15.1 Å². The average Bonchev–Trinajstić information content (AvgIpc) is 2.55. The topological polar surface area (TPSA) is 44.8 Å². The maximum atomic E-state index is 12.2. The summed E-state index contributed by atoms with van der Waals surface area (Å²) in [5.41, 5.74) is 2.26. The van der Waals surface area contributed by atoms with Gasteiger partial charge in [-0.1, -0.05) is 17.7 Å². The van der Waals surface area contributed by atoms with Crippen molar-refractivity contribution >= 4 is 5.91 Å². The monoisotopic (exact) mass is 333 g/mol. The lowest BCUT2D eigenvalue weighted by molar-refractivity contribution is -0.127. The van der Waals surface area contributed by atoms with Crippen LogP contribution in [0, 0.1) is 13.8 Å². The SMILES string of the molecule is Cc1ccc(OC(C)C(=O)NCCCN2CCN(C)CC2)c(C)c1. The zero-order chi connectivity index (χ0) is 17.5. The number of hydrogen-bond donors (Lipinski definition) is 1. The van der Waals surface area contributed by atoms with E-state index < -0.39 is 6.10 Å². The van der Waals surface area contributed by atoms with Crippen LogP contribution in [-0.4, -0.2) is 68.1 Å². The number of rotatable bonds is 7. The van der Waals surface area contributed by atoms with Crippen molar-refractivity contribution in [2.45, 2.75) is 33.3 Å². The molecule has 5 heteroatoms. The lowest BCUT2D eigenvalue weighted by Crippen LogP contribution is -2.45. The Bertz CT molecular complexity index is 539. The highest BCUT2D eigenvalue weighted by atomic mass is 16.5. The van der Waals surface area contributed by atoms with E-state index in [1.54, 1.807) is 6.92 Å². The summed E-state index contributed by atoms with van der Waals surface area (Å²) in [5.74, 6) is 0.731. The number of ether oxygens (including phenoxy) is 1. The third kappa shape index (κ3) is 5.80. The molecule has 2 rings (SSSR count). The van der Waals surface area contributed by atoms with E-state index in [2.05, 4.69) is 28.2 Å². The number of hydrogen-bond acceptors (Lipinski definition) is 4. The number of piperazine rings is 1. The van der Waals surface area contributed by atoms with Crippen molar-refractivity contribution in [2.24, 2.45) is 0 Å². The summed E-state index contributed by atoms with van der Waals surface area (Å²) in [6, 6.07) is 6.00. The minimum absolute atomic E-state index is 0.0478. The summed E-state index contributed by atoms with van der Waals surface area (Å²) >= 11 is 0. The molecule has 24 heavy (non-hydrogen) atoms. The standard InChI is InChI=1S/C19H31N3O2/c1-15-6-7-18(16(2)14-15)24-17(3)19(23)20-8-5-9-22-12-10-21(4)11-13-22/h6-7,14,17H,5,8-13H2,1-4H3,(H,20,23). The van der Waals surface area contributed by atoms with Crippen LogP contribution in [0.15, 0.2) is 18.2 Å². The van der Waals surface area contributed by atoms with E-state index in [9.17, 15) is 4.79 Å². The highest BCUT2D eigenvalue weighted by Gasteiger charge is 2.16. The van der Waals surface area contributed by atoms with Gasteiger partial charge in [-0.2, -0.15) is 0 Å². The van der Waals surface area contributed by atoms with Gasteiger partial charge < -0.3 is 19.9 Å². The van der Waals surface area contributed by atoms with E-state index in [0.29, 0.717) is 6.54 Å². The van der Waals surface area contributed by atoms with Crippen LogP contribution in [0.4, 0.5) is 0 Å². The van der Waals surface area contributed by atoms with E-state index in [1.807, 2.05) is 26.0 Å². The summed E-state index contributed by atoms with van der Waals surface area (Å²) in [6.07, 6.45) is 0.501. The van der Waals surface area contributed by atoms with E-state index in [4.69, 9.17) is 4.74 Å². The molecule has 1 aliphatic heterocycles. The number of benzene rings is 1. The fourth-order valence-electron chi connectivity index (χ4n) is 2.90. The van der Waals surface area contributed by atoms with Gasteiger partial charge in [0.05, 0.1) is 0 Å². The third-order valence-corrected chi connectivity index (χ3v) is 4.55. The van der Waals surface area contributed by atoms with Gasteiger partial charge in [-0.3, -0.25) is 4.79 Å². The van der Waals surface area contributed by atoms with Crippen LogP contribution in [0.25, 0.3) is 0 Å². The van der Waals surface area contributed by atoms with Gasteiger partial charge in [0.15, 0.2) is 6.10 Å². The summed E-state index contributed by atoms with van der Waals surface area (Å²) in [4.78, 5) is 17.0. The molecule has 1 unspecified atom stereocenters. The number of nitrogens with one attached hydrogen (secondary N) is 1. The zero-order valence-electron chi connectivity index (χ0n) is 15.5. The smallest absolute Gasteiger partial charge is 0.260 e. The van der Waals surface area contributed by atoms with Gasteiger partial charge in [-0.15, -0.1) is 0 Å². The fourth-order valence-corrected chi connectivity index (χ4v) is 2.90. The maximum Gasteiger partial charge on any atom is 0.260 e. The highest BCUT2D eigenvalue weighted by molar-refractivity contribution is 5.80. The summed E-state index contributed by atoms with van der Waals surface area (Å²) in [6.45, 7) is 12.1. The predicted molar refractivity (Wildman–Crippen MR) is 97.6 cm³/mol. The van der Waals surface area contributed by atoms with Crippen LogP contribution in [0.2, 0.25) is 0 Å². The van der Waals surface area contributed by atoms with E-state index in [-0.39, 0.29) is 5.91 Å². The molecule has 0 bridgehead atoms. The lowest BCUT2D eigenvalue weighted by Gasteiger charge is -2.32. The van der Waals surface area contributed by atoms with Crippen molar-refractivity contribution in [3.8, 4) is 5.75 Å². The largest absolute Gasteiger partial charge is 0.481 e. The minimum atomic E-state index is -0.477. The summed E-state index contributed by atoms with van der Waals surface area (Å²) < 4.78 is 5.79. The van der Waals surface area contributed by atoms with Crippen molar-refractivity contribution in [1.29, 1.82) is 0 Å². The Balaban J connectivity index is 1.66. The Morgan fingerprint density at radius 2 is 1.96 bits per heavy atom. The molecule has 1 N–H and O–H groups in total. The van der Waals surface area contributed by atoms with Gasteiger partial charge in [-0.05, 0) is 52.4 Å². The van der Waals surface area contributed by atoms with Gasteiger partial charge in [0.25, 0.3) is 5.91 Å². The predicted octanol–water partition coefficient (Wildman–Crippen LogP) is 1.82. The second-order valence-electron chi connectivity index (χ2n) is 6.82. The first-order valence-corrected chi connectivity index (χ1v) is 8.88. The van der Waals surface area contributed by atoms with Crippen LogP contribution >= 0.6 is 0 Å². The normalized spacial score (nSPS) is 17.5. The first-order valence-electron chi connectivity index (χ1n) is 8.88. The number of carbonyl (C=O) groups is 1. The number of carbonyl (C=O) groups excluding carboxylic acids is 1. The molecule has 1 aromatic carbocycles. The number of amides is 1. The molecule has 1 heterocycles. The Labute approximate surface area is 146 Å². The molecule has 0 saturated carbocycles. The molecule has 0 spiro atoms. The van der Waals surface area contributed by atoms with Crippen LogP contribution in [0.5, 0.6) is 5.75 Å². The first kappa shape index (κ1) is 18.7. The van der Waals surface area contributed by atoms with Gasteiger partial charge in [-0.25, -0.2) is 0 Å². The molecule has 5 nitrogen and oxygen atoms in total. The van der Waals surface area contributed by atoms with E-state index in [1.165, 1.54) is 5.56 Å². The van der Waals surface area contributed by atoms with Crippen LogP contribution in [0.1, 0.15) is 24.5 Å². The van der Waals surface area contributed by atoms with Gasteiger partial charge in [0.1, 0.15) is 5.75 Å². The lowest BCUT2D eigenvalue weighted by atomic mass is 10.1. The molecule has 1 saturated heterocycles. The zero-order valence-corrected chi connectivity index (χ0v) is 15.5. The van der Waals surface area contributed by atoms with Crippen LogP contribution in [0.3, 0.4) is 0 Å². The summed E-state index contributed by atoms with van der Waals surface area (Å²) in [7, 11) is 2.16. The molecule has 0 aromatic heterocycles. The van der Waals surface area contributed by atoms with E-state index >= 15 is 0 Å². The third-order valence-electron chi connectivity index (χ3n) is 4.55. The second-order valence-corrected chi connectivity index (χ2v) is 6.82. The Morgan fingerprint density at radius 3 is 2.62 bits per heavy atom. The van der Waals surface area contributed by atoms with Crippen molar-refractivity contribution in [3.63, 3.8) is 0 Å². The highest BCUT2D eigenvalue weighted by Crippen LogP contribution is 2.20. The molecule has 1 atom stereocenters. The Morgan fingerprint density at radius 1 is 1.25 bits per heavy atom. The minimum Gasteiger partial charge on any atom is -0.481 e. The van der Waals surface area contributed by atoms with Crippen molar-refractivity contribution in [2.75, 3.05) is 46.3 Å². The molecule has 1 aliphatic rings. The summed E-state index contributed by atoms with van der Waals surface area (Å²) in [5, 5.41) is 2.98. The molecule has 1 aromatic rings. The second kappa shape index (κ2) is 9.04. The average molecular weight is 333 g/mol. The molecule has 1 fully saturated rings. The Kier molecular flexibility index (Phi) is 7.06.